The number of hydrogen-bond donors (Lipinski definition) is 2. The smallest absolute Gasteiger partial charge is 0.273 e. The molecule has 4 fully saturated rings. The Bertz CT molecular complexity index is 846. The molecule has 1 aromatic rings. The number of aromatic nitrogens is 1. The topological polar surface area (TPSA) is 105 Å². The average Bonchev–Trinajstić information content (AvgIpc) is 3.34. The number of piperidine rings is 2. The first kappa shape index (κ1) is 19.5. The van der Waals surface area contributed by atoms with Crippen molar-refractivity contribution >= 4 is 15.9 Å². The van der Waals surface area contributed by atoms with Crippen LogP contribution in [0.4, 0.5) is 0 Å². The van der Waals surface area contributed by atoms with E-state index in [2.05, 4.69) is 15.8 Å². The number of rotatable bonds is 6. The van der Waals surface area contributed by atoms with Crippen LogP contribution in [-0.2, 0) is 10.0 Å². The zero-order valence-electron chi connectivity index (χ0n) is 16.7. The third-order valence-electron chi connectivity index (χ3n) is 6.89. The Morgan fingerprint density at radius 1 is 1.17 bits per heavy atom. The van der Waals surface area contributed by atoms with E-state index < -0.39 is 10.0 Å². The Balaban J connectivity index is 1.20. The Morgan fingerprint density at radius 3 is 2.59 bits per heavy atom. The fourth-order valence-electron chi connectivity index (χ4n) is 5.33. The van der Waals surface area contributed by atoms with Gasteiger partial charge in [0.2, 0.25) is 10.0 Å². The molecule has 3 aliphatic heterocycles. The maximum Gasteiger partial charge on any atom is 0.273 e. The molecule has 0 radical (unpaired) electrons. The summed E-state index contributed by atoms with van der Waals surface area (Å²) in [5.74, 6) is 1.20. The van der Waals surface area contributed by atoms with Crippen molar-refractivity contribution in [1.29, 1.82) is 0 Å². The van der Waals surface area contributed by atoms with Crippen molar-refractivity contribution in [2.24, 2.45) is 0 Å². The maximum atomic E-state index is 13.1. The molecule has 3 saturated heterocycles. The molecule has 8 nitrogen and oxygen atoms in total. The van der Waals surface area contributed by atoms with E-state index >= 15 is 0 Å². The Kier molecular flexibility index (Phi) is 5.16. The third-order valence-corrected chi connectivity index (χ3v) is 8.95. The number of fused-ring (bicyclic) bond motifs is 2. The first-order chi connectivity index (χ1) is 14.0. The van der Waals surface area contributed by atoms with E-state index in [-0.39, 0.29) is 35.8 Å². The Hall–Kier alpha value is -1.45. The minimum absolute atomic E-state index is 0.00743. The van der Waals surface area contributed by atoms with Gasteiger partial charge in [-0.15, -0.1) is 0 Å². The van der Waals surface area contributed by atoms with Gasteiger partial charge in [0.05, 0.1) is 5.75 Å². The second-order valence-corrected chi connectivity index (χ2v) is 11.1. The minimum atomic E-state index is -3.29. The van der Waals surface area contributed by atoms with Crippen molar-refractivity contribution in [3.05, 3.63) is 17.5 Å². The zero-order chi connectivity index (χ0) is 20.0. The molecule has 1 amide bonds. The number of amides is 1. The van der Waals surface area contributed by atoms with Gasteiger partial charge in [-0.05, 0) is 57.9 Å². The zero-order valence-corrected chi connectivity index (χ0v) is 17.5. The highest BCUT2D eigenvalue weighted by Gasteiger charge is 2.47. The van der Waals surface area contributed by atoms with E-state index in [9.17, 15) is 13.2 Å². The lowest BCUT2D eigenvalue weighted by Gasteiger charge is -2.39. The molecule has 29 heavy (non-hydrogen) atoms. The summed E-state index contributed by atoms with van der Waals surface area (Å²) in [4.78, 5) is 12.6. The number of carbonyl (C=O) groups is 1. The molecule has 4 aliphatic rings. The first-order valence-electron chi connectivity index (χ1n) is 11.0. The molecule has 0 spiro atoms. The van der Waals surface area contributed by atoms with Crippen LogP contribution in [0.3, 0.4) is 0 Å². The van der Waals surface area contributed by atoms with E-state index in [1.54, 1.807) is 10.4 Å². The van der Waals surface area contributed by atoms with Crippen LogP contribution in [0.25, 0.3) is 0 Å². The van der Waals surface area contributed by atoms with Gasteiger partial charge in [0.25, 0.3) is 5.91 Å². The minimum Gasteiger partial charge on any atom is -0.360 e. The van der Waals surface area contributed by atoms with Crippen LogP contribution >= 0.6 is 0 Å². The molecule has 0 aromatic carbocycles. The molecule has 2 N–H and O–H groups in total. The maximum absolute atomic E-state index is 13.1. The second-order valence-electron chi connectivity index (χ2n) is 9.17. The van der Waals surface area contributed by atoms with Gasteiger partial charge in [-0.2, -0.15) is 4.31 Å². The fraction of sp³-hybridized carbons (Fsp3) is 0.800. The van der Waals surface area contributed by atoms with Crippen molar-refractivity contribution < 1.29 is 17.7 Å². The standard InChI is InChI=1S/C20H30N4O4S/c25-20(18-11-19(28-23-18)13-4-5-13)22-15-9-16-6-7-17(10-15)24(16)29(26,27)12-14-3-1-2-8-21-14/h11,13-17,21H,1-10,12H2,(H,22,25)/t14-,15-,16+,17-/m0/s1. The first-order valence-corrected chi connectivity index (χ1v) is 12.6. The molecule has 1 saturated carbocycles. The monoisotopic (exact) mass is 422 g/mol. The van der Waals surface area contributed by atoms with E-state index in [1.807, 2.05) is 0 Å². The summed E-state index contributed by atoms with van der Waals surface area (Å²) >= 11 is 0. The van der Waals surface area contributed by atoms with Crippen LogP contribution in [0.2, 0.25) is 0 Å². The lowest BCUT2D eigenvalue weighted by molar-refractivity contribution is 0.0900. The lowest BCUT2D eigenvalue weighted by atomic mass is 9.99. The molecule has 4 heterocycles. The van der Waals surface area contributed by atoms with Crippen molar-refractivity contribution in [2.75, 3.05) is 12.3 Å². The molecule has 0 unspecified atom stereocenters. The number of sulfonamides is 1. The summed E-state index contributed by atoms with van der Waals surface area (Å²) < 4.78 is 33.3. The van der Waals surface area contributed by atoms with E-state index in [0.717, 1.165) is 57.3 Å². The predicted octanol–water partition coefficient (Wildman–Crippen LogP) is 1.75. The SMILES string of the molecule is O=C(N[C@H]1C[C@H]2CC[C@@H](C1)N2S(=O)(=O)C[C@@H]1CCCCN1)c1cc(C2CC2)on1. The van der Waals surface area contributed by atoms with Gasteiger partial charge in [0, 0.05) is 36.2 Å². The second kappa shape index (κ2) is 7.67. The predicted molar refractivity (Wildman–Crippen MR) is 107 cm³/mol. The summed E-state index contributed by atoms with van der Waals surface area (Å²) in [6, 6.07) is 1.79. The van der Waals surface area contributed by atoms with E-state index in [0.29, 0.717) is 24.5 Å². The Labute approximate surface area is 171 Å². The summed E-state index contributed by atoms with van der Waals surface area (Å²) in [6.45, 7) is 0.908. The van der Waals surface area contributed by atoms with Gasteiger partial charge in [-0.1, -0.05) is 11.6 Å². The van der Waals surface area contributed by atoms with Crippen LogP contribution in [-0.4, -0.2) is 60.3 Å². The molecule has 1 aliphatic carbocycles. The van der Waals surface area contributed by atoms with E-state index in [1.165, 1.54) is 0 Å². The van der Waals surface area contributed by atoms with Crippen molar-refractivity contribution in [3.8, 4) is 0 Å². The number of nitrogens with one attached hydrogen (secondary N) is 2. The highest BCUT2D eigenvalue weighted by molar-refractivity contribution is 7.89. The summed E-state index contributed by atoms with van der Waals surface area (Å²) in [6.07, 6.45) is 8.46. The quantitative estimate of drug-likeness (QED) is 0.724. The number of carbonyl (C=O) groups excluding carboxylic acids is 1. The molecule has 9 heteroatoms. The summed E-state index contributed by atoms with van der Waals surface area (Å²) in [7, 11) is -3.29. The Morgan fingerprint density at radius 2 is 1.93 bits per heavy atom. The highest BCUT2D eigenvalue weighted by Crippen LogP contribution is 2.40. The number of hydrogen-bond acceptors (Lipinski definition) is 6. The van der Waals surface area contributed by atoms with E-state index in [4.69, 9.17) is 4.52 Å². The molecular formula is C20H30N4O4S. The summed E-state index contributed by atoms with van der Waals surface area (Å²) in [5.41, 5.74) is 0.331. The number of nitrogens with zero attached hydrogens (tertiary/aromatic N) is 2. The van der Waals surface area contributed by atoms with Crippen LogP contribution in [0, 0.1) is 0 Å². The molecule has 2 bridgehead atoms. The normalized spacial score (nSPS) is 33.0. The van der Waals surface area contributed by atoms with Gasteiger partial charge in [0.15, 0.2) is 5.69 Å². The van der Waals surface area contributed by atoms with Gasteiger partial charge in [0.1, 0.15) is 5.76 Å². The van der Waals surface area contributed by atoms with Crippen molar-refractivity contribution in [2.45, 2.75) is 87.9 Å². The molecule has 5 rings (SSSR count). The van der Waals surface area contributed by atoms with Crippen LogP contribution in [0.5, 0.6) is 0 Å². The van der Waals surface area contributed by atoms with Crippen LogP contribution in [0.1, 0.15) is 80.0 Å². The van der Waals surface area contributed by atoms with Crippen LogP contribution in [0.15, 0.2) is 10.6 Å². The summed E-state index contributed by atoms with van der Waals surface area (Å²) in [5, 5.41) is 10.3. The van der Waals surface area contributed by atoms with Gasteiger partial charge >= 0.3 is 0 Å². The van der Waals surface area contributed by atoms with Gasteiger partial charge in [-0.3, -0.25) is 4.79 Å². The molecule has 160 valence electrons. The highest BCUT2D eigenvalue weighted by atomic mass is 32.2. The van der Waals surface area contributed by atoms with Crippen LogP contribution < -0.4 is 10.6 Å². The lowest BCUT2D eigenvalue weighted by Crippen LogP contribution is -2.54. The van der Waals surface area contributed by atoms with Crippen molar-refractivity contribution in [1.82, 2.24) is 20.1 Å². The third kappa shape index (κ3) is 4.09. The molecular weight excluding hydrogens is 392 g/mol. The van der Waals surface area contributed by atoms with Crippen molar-refractivity contribution in [3.63, 3.8) is 0 Å². The van der Waals surface area contributed by atoms with Gasteiger partial charge in [-0.25, -0.2) is 8.42 Å². The average molecular weight is 423 g/mol. The largest absolute Gasteiger partial charge is 0.360 e. The molecule has 4 atom stereocenters. The fourth-order valence-corrected chi connectivity index (χ4v) is 7.59. The molecule has 1 aromatic heterocycles. The van der Waals surface area contributed by atoms with Gasteiger partial charge < -0.3 is 15.2 Å².